The Hall–Kier alpha value is -4.04. The number of benzene rings is 3. The third-order valence-electron chi connectivity index (χ3n) is 7.99. The van der Waals surface area contributed by atoms with Gasteiger partial charge in [0.2, 0.25) is 0 Å². The summed E-state index contributed by atoms with van der Waals surface area (Å²) >= 11 is 0. The average molecular weight is 570 g/mol. The first-order chi connectivity index (χ1) is 20.5. The molecule has 222 valence electrons. The van der Waals surface area contributed by atoms with E-state index in [1.165, 1.54) is 5.56 Å². The fourth-order valence-electron chi connectivity index (χ4n) is 5.37. The van der Waals surface area contributed by atoms with Crippen LogP contribution in [0.1, 0.15) is 60.9 Å². The van der Waals surface area contributed by atoms with Gasteiger partial charge in [-0.1, -0.05) is 49.7 Å². The molecule has 8 nitrogen and oxygen atoms in total. The molecule has 8 heteroatoms. The third-order valence-corrected chi connectivity index (χ3v) is 7.99. The topological polar surface area (TPSA) is 99.9 Å². The summed E-state index contributed by atoms with van der Waals surface area (Å²) in [5.74, 6) is 0.296. The first-order valence-electron chi connectivity index (χ1n) is 15.3. The van der Waals surface area contributed by atoms with Crippen molar-refractivity contribution in [3.8, 4) is 11.1 Å². The number of nitrogens with two attached hydrogens (primary N) is 1. The Morgan fingerprint density at radius 3 is 2.43 bits per heavy atom. The standard InChI is InChI=1S/C34H43N5O3/c1-2-3-17-38(34(41)39-19-21-42-22-20-39)18-7-16-36-31-15-13-28(23-29(31)26-10-11-26)33(40)37-32-24-27(12-14-30(32)35)25-8-5-4-6-9-25/h4-6,8-9,12-15,23-24,26,36H,2-3,7,10-11,16-22,35H2,1H3,(H,37,40). The van der Waals surface area contributed by atoms with E-state index >= 15 is 0 Å². The quantitative estimate of drug-likeness (QED) is 0.173. The van der Waals surface area contributed by atoms with Gasteiger partial charge in [-0.15, -0.1) is 0 Å². The predicted molar refractivity (Wildman–Crippen MR) is 170 cm³/mol. The minimum atomic E-state index is -0.173. The lowest BCUT2D eigenvalue weighted by atomic mass is 10.0. The van der Waals surface area contributed by atoms with Crippen LogP contribution in [0.4, 0.5) is 21.9 Å². The van der Waals surface area contributed by atoms with Crippen LogP contribution >= 0.6 is 0 Å². The van der Waals surface area contributed by atoms with Crippen molar-refractivity contribution in [2.75, 3.05) is 62.3 Å². The number of nitrogens with zero attached hydrogens (tertiary/aromatic N) is 2. The van der Waals surface area contributed by atoms with Crippen molar-refractivity contribution >= 4 is 29.0 Å². The number of anilines is 3. The number of carbonyl (C=O) groups excluding carboxylic acids is 2. The lowest BCUT2D eigenvalue weighted by molar-refractivity contribution is 0.0431. The number of urea groups is 1. The van der Waals surface area contributed by atoms with Crippen molar-refractivity contribution in [2.24, 2.45) is 0 Å². The van der Waals surface area contributed by atoms with E-state index in [1.54, 1.807) is 0 Å². The SMILES string of the molecule is CCCCN(CCCNc1ccc(C(=O)Nc2cc(-c3ccccc3)ccc2N)cc1C1CC1)C(=O)N1CCOCC1. The Labute approximate surface area is 249 Å². The van der Waals surface area contributed by atoms with E-state index in [0.29, 0.717) is 55.7 Å². The summed E-state index contributed by atoms with van der Waals surface area (Å²) < 4.78 is 5.42. The van der Waals surface area contributed by atoms with Crippen molar-refractivity contribution in [3.63, 3.8) is 0 Å². The van der Waals surface area contributed by atoms with E-state index in [0.717, 1.165) is 62.0 Å². The fraction of sp³-hybridized carbons (Fsp3) is 0.412. The van der Waals surface area contributed by atoms with Crippen LogP contribution < -0.4 is 16.4 Å². The Morgan fingerprint density at radius 2 is 1.69 bits per heavy atom. The van der Waals surface area contributed by atoms with Crippen LogP contribution in [-0.4, -0.2) is 67.7 Å². The molecule has 2 aliphatic rings. The van der Waals surface area contributed by atoms with Crippen LogP contribution in [0.15, 0.2) is 66.7 Å². The summed E-state index contributed by atoms with van der Waals surface area (Å²) in [6, 6.07) is 21.8. The number of nitrogens with one attached hydrogen (secondary N) is 2. The third kappa shape index (κ3) is 7.62. The van der Waals surface area contributed by atoms with E-state index in [4.69, 9.17) is 10.5 Å². The molecule has 0 radical (unpaired) electrons. The van der Waals surface area contributed by atoms with Gasteiger partial charge in [-0.05, 0) is 78.6 Å². The summed E-state index contributed by atoms with van der Waals surface area (Å²) in [6.07, 6.45) is 5.17. The zero-order chi connectivity index (χ0) is 29.3. The van der Waals surface area contributed by atoms with Crippen LogP contribution in [-0.2, 0) is 4.74 Å². The second-order valence-electron chi connectivity index (χ2n) is 11.2. The molecule has 5 rings (SSSR count). The molecule has 1 heterocycles. The van der Waals surface area contributed by atoms with Crippen LogP contribution in [0.5, 0.6) is 0 Å². The lowest BCUT2D eigenvalue weighted by Gasteiger charge is -2.33. The Morgan fingerprint density at radius 1 is 0.929 bits per heavy atom. The summed E-state index contributed by atoms with van der Waals surface area (Å²) in [6.45, 7) is 6.95. The number of hydrogen-bond donors (Lipinski definition) is 3. The van der Waals surface area contributed by atoms with Gasteiger partial charge >= 0.3 is 6.03 Å². The van der Waals surface area contributed by atoms with Crippen LogP contribution in [0, 0.1) is 0 Å². The summed E-state index contributed by atoms with van der Waals surface area (Å²) in [5.41, 5.74) is 12.3. The average Bonchev–Trinajstić information content (AvgIpc) is 3.88. The van der Waals surface area contributed by atoms with Crippen LogP contribution in [0.2, 0.25) is 0 Å². The highest BCUT2D eigenvalue weighted by atomic mass is 16.5. The molecule has 1 aliphatic heterocycles. The monoisotopic (exact) mass is 569 g/mol. The zero-order valence-corrected chi connectivity index (χ0v) is 24.6. The molecular formula is C34H43N5O3. The van der Waals surface area contributed by atoms with E-state index in [9.17, 15) is 9.59 Å². The number of nitrogen functional groups attached to an aromatic ring is 1. The van der Waals surface area contributed by atoms with Crippen molar-refractivity contribution < 1.29 is 14.3 Å². The second kappa shape index (κ2) is 14.2. The molecule has 3 amide bonds. The van der Waals surface area contributed by atoms with E-state index in [1.807, 2.05) is 76.5 Å². The number of morpholine rings is 1. The highest BCUT2D eigenvalue weighted by molar-refractivity contribution is 6.06. The maximum atomic E-state index is 13.3. The maximum absolute atomic E-state index is 13.3. The number of amides is 3. The molecule has 0 atom stereocenters. The minimum absolute atomic E-state index is 0.121. The highest BCUT2D eigenvalue weighted by Gasteiger charge is 2.27. The molecule has 42 heavy (non-hydrogen) atoms. The van der Waals surface area contributed by atoms with Crippen molar-refractivity contribution in [3.05, 3.63) is 77.9 Å². The Bertz CT molecular complexity index is 1350. The number of hydrogen-bond acceptors (Lipinski definition) is 5. The molecule has 1 aliphatic carbocycles. The van der Waals surface area contributed by atoms with Crippen LogP contribution in [0.3, 0.4) is 0 Å². The molecule has 0 aromatic heterocycles. The first-order valence-corrected chi connectivity index (χ1v) is 15.3. The Balaban J connectivity index is 1.20. The van der Waals surface area contributed by atoms with Gasteiger partial charge in [0.25, 0.3) is 5.91 Å². The molecule has 1 saturated heterocycles. The molecule has 1 saturated carbocycles. The molecule has 0 spiro atoms. The molecule has 3 aromatic rings. The second-order valence-corrected chi connectivity index (χ2v) is 11.2. The van der Waals surface area contributed by atoms with E-state index in [2.05, 4.69) is 17.6 Å². The highest BCUT2D eigenvalue weighted by Crippen LogP contribution is 2.44. The number of rotatable bonds is 12. The van der Waals surface area contributed by atoms with Crippen molar-refractivity contribution in [1.82, 2.24) is 9.80 Å². The largest absolute Gasteiger partial charge is 0.397 e. The number of unbranched alkanes of at least 4 members (excludes halogenated alkanes) is 1. The predicted octanol–water partition coefficient (Wildman–Crippen LogP) is 6.42. The molecule has 0 bridgehead atoms. The number of carbonyl (C=O) groups is 2. The first kappa shape index (κ1) is 29.5. The smallest absolute Gasteiger partial charge is 0.320 e. The summed E-state index contributed by atoms with van der Waals surface area (Å²) in [7, 11) is 0. The van der Waals surface area contributed by atoms with Crippen LogP contribution in [0.25, 0.3) is 11.1 Å². The van der Waals surface area contributed by atoms with Gasteiger partial charge < -0.3 is 30.9 Å². The van der Waals surface area contributed by atoms with Crippen molar-refractivity contribution in [1.29, 1.82) is 0 Å². The summed E-state index contributed by atoms with van der Waals surface area (Å²) in [4.78, 5) is 30.3. The van der Waals surface area contributed by atoms with Gasteiger partial charge in [-0.2, -0.15) is 0 Å². The molecule has 4 N–H and O–H groups in total. The van der Waals surface area contributed by atoms with Gasteiger partial charge in [0.15, 0.2) is 0 Å². The van der Waals surface area contributed by atoms with E-state index < -0.39 is 0 Å². The molecule has 2 fully saturated rings. The van der Waals surface area contributed by atoms with Gasteiger partial charge in [-0.25, -0.2) is 4.79 Å². The van der Waals surface area contributed by atoms with E-state index in [-0.39, 0.29) is 11.9 Å². The molecular weight excluding hydrogens is 526 g/mol. The fourth-order valence-corrected chi connectivity index (χ4v) is 5.37. The number of ether oxygens (including phenoxy) is 1. The summed E-state index contributed by atoms with van der Waals surface area (Å²) in [5, 5.41) is 6.62. The molecule has 3 aromatic carbocycles. The van der Waals surface area contributed by atoms with Gasteiger partial charge in [0.05, 0.1) is 24.6 Å². The zero-order valence-electron chi connectivity index (χ0n) is 24.6. The Kier molecular flexibility index (Phi) is 9.98. The molecule has 0 unspecified atom stereocenters. The van der Waals surface area contributed by atoms with Gasteiger partial charge in [0, 0.05) is 44.0 Å². The maximum Gasteiger partial charge on any atom is 0.320 e. The van der Waals surface area contributed by atoms with Crippen molar-refractivity contribution in [2.45, 2.75) is 44.9 Å². The van der Waals surface area contributed by atoms with Gasteiger partial charge in [0.1, 0.15) is 0 Å². The lowest BCUT2D eigenvalue weighted by Crippen LogP contribution is -2.48. The minimum Gasteiger partial charge on any atom is -0.397 e. The normalized spacial score (nSPS) is 14.8. The van der Waals surface area contributed by atoms with Gasteiger partial charge in [-0.3, -0.25) is 4.79 Å².